The zero-order valence-electron chi connectivity index (χ0n) is 9.74. The van der Waals surface area contributed by atoms with Crippen LogP contribution in [0.15, 0.2) is 24.3 Å². The van der Waals surface area contributed by atoms with Gasteiger partial charge in [-0.3, -0.25) is 0 Å². The van der Waals surface area contributed by atoms with Crippen molar-refractivity contribution in [2.75, 3.05) is 11.9 Å². The van der Waals surface area contributed by atoms with E-state index < -0.39 is 6.10 Å². The number of nitrogens with one attached hydrogen (secondary N) is 2. The van der Waals surface area contributed by atoms with Gasteiger partial charge < -0.3 is 15.7 Å². The maximum Gasteiger partial charge on any atom is 0.319 e. The lowest BCUT2D eigenvalue weighted by Gasteiger charge is -2.12. The lowest BCUT2D eigenvalue weighted by molar-refractivity contribution is 0.162. The van der Waals surface area contributed by atoms with E-state index >= 15 is 0 Å². The minimum absolute atomic E-state index is 0.281. The lowest BCUT2D eigenvalue weighted by Crippen LogP contribution is -2.35. The van der Waals surface area contributed by atoms with Crippen molar-refractivity contribution in [2.45, 2.75) is 25.9 Å². The number of anilines is 1. The Balaban J connectivity index is 2.37. The fourth-order valence-corrected chi connectivity index (χ4v) is 1.90. The molecule has 0 bridgehead atoms. The maximum atomic E-state index is 11.5. The first-order valence-corrected chi connectivity index (χ1v) is 6.68. The van der Waals surface area contributed by atoms with Crippen LogP contribution in [0.3, 0.4) is 0 Å². The predicted octanol–water partition coefficient (Wildman–Crippen LogP) is 2.57. The molecule has 4 nitrogen and oxygen atoms in total. The molecule has 0 heterocycles. The molecular formula is C12H17IN2O2. The third-order valence-corrected chi connectivity index (χ3v) is 3.18. The van der Waals surface area contributed by atoms with Crippen LogP contribution in [0.5, 0.6) is 0 Å². The zero-order chi connectivity index (χ0) is 12.7. The van der Waals surface area contributed by atoms with Gasteiger partial charge in [-0.1, -0.05) is 25.5 Å². The van der Waals surface area contributed by atoms with E-state index in [1.165, 1.54) is 0 Å². The summed E-state index contributed by atoms with van der Waals surface area (Å²) in [5, 5.41) is 14.9. The summed E-state index contributed by atoms with van der Waals surface area (Å²) >= 11 is 2.16. The highest BCUT2D eigenvalue weighted by atomic mass is 127. The van der Waals surface area contributed by atoms with Crippen LogP contribution in [-0.2, 0) is 0 Å². The Labute approximate surface area is 115 Å². The van der Waals surface area contributed by atoms with Crippen LogP contribution in [0.2, 0.25) is 0 Å². The summed E-state index contributed by atoms with van der Waals surface area (Å²) in [6.45, 7) is 2.28. The summed E-state index contributed by atoms with van der Waals surface area (Å²) < 4.78 is 0.981. The molecule has 0 aromatic heterocycles. The fraction of sp³-hybridized carbons (Fsp3) is 0.417. The van der Waals surface area contributed by atoms with Gasteiger partial charge in [0.05, 0.1) is 11.8 Å². The Morgan fingerprint density at radius 1 is 1.47 bits per heavy atom. The van der Waals surface area contributed by atoms with Gasteiger partial charge in [0.25, 0.3) is 0 Å². The van der Waals surface area contributed by atoms with E-state index in [9.17, 15) is 9.90 Å². The summed E-state index contributed by atoms with van der Waals surface area (Å²) in [5.41, 5.74) is 0.774. The number of urea groups is 1. The maximum absolute atomic E-state index is 11.5. The van der Waals surface area contributed by atoms with E-state index in [1.54, 1.807) is 0 Å². The summed E-state index contributed by atoms with van der Waals surface area (Å²) in [6.07, 6.45) is 1.13. The van der Waals surface area contributed by atoms with E-state index in [1.807, 2.05) is 31.2 Å². The topological polar surface area (TPSA) is 61.4 Å². The number of aliphatic hydroxyl groups is 1. The lowest BCUT2D eigenvalue weighted by atomic mass is 10.2. The molecule has 0 aliphatic rings. The van der Waals surface area contributed by atoms with Crippen LogP contribution < -0.4 is 10.6 Å². The van der Waals surface area contributed by atoms with Crippen LogP contribution in [0.4, 0.5) is 10.5 Å². The predicted molar refractivity (Wildman–Crippen MR) is 77.1 cm³/mol. The van der Waals surface area contributed by atoms with E-state index in [2.05, 4.69) is 33.2 Å². The molecule has 0 spiro atoms. The molecule has 0 aliphatic heterocycles. The minimum atomic E-state index is -0.472. The van der Waals surface area contributed by atoms with Gasteiger partial charge in [-0.05, 0) is 41.1 Å². The van der Waals surface area contributed by atoms with Gasteiger partial charge in [0.2, 0.25) is 0 Å². The first kappa shape index (κ1) is 14.2. The van der Waals surface area contributed by atoms with Gasteiger partial charge in [0.15, 0.2) is 0 Å². The highest BCUT2D eigenvalue weighted by molar-refractivity contribution is 14.1. The Morgan fingerprint density at radius 3 is 2.82 bits per heavy atom. The second-order valence-corrected chi connectivity index (χ2v) is 4.92. The largest absolute Gasteiger partial charge is 0.391 e. The molecule has 1 aromatic rings. The highest BCUT2D eigenvalue weighted by Gasteiger charge is 2.07. The zero-order valence-corrected chi connectivity index (χ0v) is 11.9. The molecule has 0 saturated carbocycles. The number of aliphatic hydroxyl groups excluding tert-OH is 1. The number of benzene rings is 1. The minimum Gasteiger partial charge on any atom is -0.391 e. The average molecular weight is 348 g/mol. The van der Waals surface area contributed by atoms with Crippen molar-refractivity contribution < 1.29 is 9.90 Å². The van der Waals surface area contributed by atoms with Crippen molar-refractivity contribution in [1.29, 1.82) is 0 Å². The first-order valence-electron chi connectivity index (χ1n) is 5.61. The number of carbonyl (C=O) groups excluding carboxylic acids is 1. The monoisotopic (exact) mass is 348 g/mol. The SMILES string of the molecule is CCCC(O)CNC(=O)Nc1ccccc1I. The molecule has 0 saturated heterocycles. The summed E-state index contributed by atoms with van der Waals surface area (Å²) in [5.74, 6) is 0. The molecule has 0 fully saturated rings. The van der Waals surface area contributed by atoms with E-state index in [0.717, 1.165) is 15.7 Å². The number of hydrogen-bond acceptors (Lipinski definition) is 2. The van der Waals surface area contributed by atoms with Crippen molar-refractivity contribution >= 4 is 34.3 Å². The summed E-state index contributed by atoms with van der Waals surface area (Å²) in [6, 6.07) is 7.25. The van der Waals surface area contributed by atoms with Crippen molar-refractivity contribution in [2.24, 2.45) is 0 Å². The Kier molecular flexibility index (Phi) is 6.28. The molecule has 1 unspecified atom stereocenters. The van der Waals surface area contributed by atoms with Crippen molar-refractivity contribution in [1.82, 2.24) is 5.32 Å². The third-order valence-electron chi connectivity index (χ3n) is 2.24. The summed E-state index contributed by atoms with van der Waals surface area (Å²) in [4.78, 5) is 11.5. The standard InChI is InChI=1S/C12H17IN2O2/c1-2-5-9(16)8-14-12(17)15-11-7-4-3-6-10(11)13/h3-4,6-7,9,16H,2,5,8H2,1H3,(H2,14,15,17). The summed E-state index contributed by atoms with van der Waals surface area (Å²) in [7, 11) is 0. The molecule has 5 heteroatoms. The van der Waals surface area contributed by atoms with E-state index in [-0.39, 0.29) is 12.6 Å². The molecule has 17 heavy (non-hydrogen) atoms. The molecule has 94 valence electrons. The van der Waals surface area contributed by atoms with Crippen LogP contribution in [-0.4, -0.2) is 23.8 Å². The van der Waals surface area contributed by atoms with Gasteiger partial charge in [-0.2, -0.15) is 0 Å². The number of hydrogen-bond donors (Lipinski definition) is 3. The smallest absolute Gasteiger partial charge is 0.319 e. The fourth-order valence-electron chi connectivity index (χ4n) is 1.37. The second-order valence-electron chi connectivity index (χ2n) is 3.76. The van der Waals surface area contributed by atoms with Crippen LogP contribution in [0.1, 0.15) is 19.8 Å². The molecular weight excluding hydrogens is 331 g/mol. The number of carbonyl (C=O) groups is 1. The van der Waals surface area contributed by atoms with Gasteiger partial charge >= 0.3 is 6.03 Å². The molecule has 1 rings (SSSR count). The number of para-hydroxylation sites is 1. The van der Waals surface area contributed by atoms with E-state index in [0.29, 0.717) is 6.42 Å². The van der Waals surface area contributed by atoms with Gasteiger partial charge in [-0.25, -0.2) is 4.79 Å². The van der Waals surface area contributed by atoms with E-state index in [4.69, 9.17) is 0 Å². The molecule has 3 N–H and O–H groups in total. The van der Waals surface area contributed by atoms with Gasteiger partial charge in [-0.15, -0.1) is 0 Å². The van der Waals surface area contributed by atoms with Gasteiger partial charge in [0, 0.05) is 10.1 Å². The molecule has 0 aliphatic carbocycles. The van der Waals surface area contributed by atoms with Crippen molar-refractivity contribution in [3.05, 3.63) is 27.8 Å². The van der Waals surface area contributed by atoms with Gasteiger partial charge in [0.1, 0.15) is 0 Å². The Bertz CT molecular complexity index is 371. The van der Waals surface area contributed by atoms with Crippen LogP contribution >= 0.6 is 22.6 Å². The van der Waals surface area contributed by atoms with Crippen molar-refractivity contribution in [3.8, 4) is 0 Å². The van der Waals surface area contributed by atoms with Crippen LogP contribution in [0, 0.1) is 3.57 Å². The number of rotatable bonds is 5. The molecule has 1 atom stereocenters. The number of halogens is 1. The quantitative estimate of drug-likeness (QED) is 0.717. The highest BCUT2D eigenvalue weighted by Crippen LogP contribution is 2.16. The van der Waals surface area contributed by atoms with Crippen molar-refractivity contribution in [3.63, 3.8) is 0 Å². The third kappa shape index (κ3) is 5.36. The molecule has 0 radical (unpaired) electrons. The first-order chi connectivity index (χ1) is 8.13. The number of amides is 2. The Hall–Kier alpha value is -0.820. The molecule has 1 aromatic carbocycles. The second kappa shape index (κ2) is 7.50. The average Bonchev–Trinajstić information content (AvgIpc) is 2.30. The molecule has 2 amide bonds. The normalized spacial score (nSPS) is 11.9. The van der Waals surface area contributed by atoms with Crippen LogP contribution in [0.25, 0.3) is 0 Å². The Morgan fingerprint density at radius 2 is 2.18 bits per heavy atom.